The van der Waals surface area contributed by atoms with E-state index >= 15 is 0 Å². The van der Waals surface area contributed by atoms with E-state index in [4.69, 9.17) is 4.74 Å². The smallest absolute Gasteiger partial charge is 0.257 e. The van der Waals surface area contributed by atoms with E-state index in [1.54, 1.807) is 18.7 Å². The number of sulfonamides is 1. The van der Waals surface area contributed by atoms with Crippen LogP contribution in [0.2, 0.25) is 0 Å². The lowest BCUT2D eigenvalue weighted by atomic mass is 10.0. The van der Waals surface area contributed by atoms with Crippen molar-refractivity contribution in [1.82, 2.24) is 14.1 Å². The van der Waals surface area contributed by atoms with E-state index in [1.807, 2.05) is 0 Å². The number of morpholine rings is 1. The maximum absolute atomic E-state index is 13.6. The highest BCUT2D eigenvalue weighted by Crippen LogP contribution is 2.38. The van der Waals surface area contributed by atoms with Crippen LogP contribution in [0.3, 0.4) is 0 Å². The first kappa shape index (κ1) is 27.7. The summed E-state index contributed by atoms with van der Waals surface area (Å²) >= 11 is 1.46. The minimum atomic E-state index is -3.61. The van der Waals surface area contributed by atoms with E-state index in [1.165, 1.54) is 39.9 Å². The Labute approximate surface area is 223 Å². The van der Waals surface area contributed by atoms with Gasteiger partial charge in [-0.15, -0.1) is 11.3 Å². The van der Waals surface area contributed by atoms with Crippen LogP contribution in [0.4, 0.5) is 5.00 Å². The van der Waals surface area contributed by atoms with Crippen molar-refractivity contribution < 1.29 is 22.7 Å². The molecule has 1 N–H and O–H groups in total. The molecule has 0 spiro atoms. The zero-order valence-corrected chi connectivity index (χ0v) is 23.6. The van der Waals surface area contributed by atoms with Crippen molar-refractivity contribution in [1.29, 1.82) is 0 Å². The number of nitrogens with zero attached hydrogens (tertiary/aromatic N) is 3. The average molecular weight is 549 g/mol. The van der Waals surface area contributed by atoms with Crippen LogP contribution in [0.1, 0.15) is 58.9 Å². The van der Waals surface area contributed by atoms with Crippen molar-refractivity contribution in [3.63, 3.8) is 0 Å². The van der Waals surface area contributed by atoms with Gasteiger partial charge in [-0.25, -0.2) is 8.42 Å². The molecule has 9 nitrogen and oxygen atoms in total. The molecule has 3 heterocycles. The fraction of sp³-hybridized carbons (Fsp3) is 0.538. The topological polar surface area (TPSA) is 99.3 Å². The van der Waals surface area contributed by atoms with Crippen molar-refractivity contribution in [2.45, 2.75) is 51.6 Å². The highest BCUT2D eigenvalue weighted by atomic mass is 32.2. The summed E-state index contributed by atoms with van der Waals surface area (Å²) < 4.78 is 32.4. The van der Waals surface area contributed by atoms with Crippen LogP contribution >= 0.6 is 11.3 Å². The van der Waals surface area contributed by atoms with Gasteiger partial charge in [0.2, 0.25) is 10.0 Å². The molecule has 1 saturated heterocycles. The Morgan fingerprint density at radius 2 is 1.73 bits per heavy atom. The monoisotopic (exact) mass is 548 g/mol. The Bertz CT molecular complexity index is 1230. The lowest BCUT2D eigenvalue weighted by Gasteiger charge is -2.31. The summed E-state index contributed by atoms with van der Waals surface area (Å²) in [4.78, 5) is 32.3. The van der Waals surface area contributed by atoms with Gasteiger partial charge in [0.25, 0.3) is 11.8 Å². The van der Waals surface area contributed by atoms with Crippen LogP contribution in [0.15, 0.2) is 29.2 Å². The summed E-state index contributed by atoms with van der Waals surface area (Å²) in [5.41, 5.74) is 1.94. The van der Waals surface area contributed by atoms with Crippen molar-refractivity contribution in [2.75, 3.05) is 51.3 Å². The summed E-state index contributed by atoms with van der Waals surface area (Å²) in [6, 6.07) is 6.34. The molecule has 2 aromatic rings. The van der Waals surface area contributed by atoms with E-state index in [0.717, 1.165) is 30.0 Å². The van der Waals surface area contributed by atoms with Crippen molar-refractivity contribution in [3.05, 3.63) is 45.8 Å². The van der Waals surface area contributed by atoms with Crippen LogP contribution in [-0.4, -0.2) is 86.3 Å². The molecule has 2 aliphatic heterocycles. The van der Waals surface area contributed by atoms with Crippen LogP contribution in [0.25, 0.3) is 0 Å². The number of carbonyl (C=O) groups is 2. The number of hydrogen-bond donors (Lipinski definition) is 1. The predicted octanol–water partition coefficient (Wildman–Crippen LogP) is 3.27. The Kier molecular flexibility index (Phi) is 8.70. The summed E-state index contributed by atoms with van der Waals surface area (Å²) in [5.74, 6) is -0.447. The normalized spacial score (nSPS) is 16.8. The van der Waals surface area contributed by atoms with E-state index in [0.29, 0.717) is 61.6 Å². The van der Waals surface area contributed by atoms with Gasteiger partial charge in [0.15, 0.2) is 0 Å². The van der Waals surface area contributed by atoms with E-state index < -0.39 is 10.0 Å². The van der Waals surface area contributed by atoms with E-state index in [2.05, 4.69) is 24.1 Å². The minimum Gasteiger partial charge on any atom is -0.378 e. The zero-order valence-electron chi connectivity index (χ0n) is 22.0. The largest absolute Gasteiger partial charge is 0.378 e. The molecule has 1 aromatic carbocycles. The van der Waals surface area contributed by atoms with Crippen molar-refractivity contribution >= 4 is 38.2 Å². The average Bonchev–Trinajstić information content (AvgIpc) is 3.26. The molecule has 1 aromatic heterocycles. The predicted molar refractivity (Wildman–Crippen MR) is 145 cm³/mol. The molecule has 4 rings (SSSR count). The fourth-order valence-electron chi connectivity index (χ4n) is 4.77. The number of benzene rings is 1. The molecule has 2 aliphatic rings. The number of thiophene rings is 1. The second kappa shape index (κ2) is 11.6. The highest BCUT2D eigenvalue weighted by Gasteiger charge is 2.32. The number of amides is 2. The number of fused-ring (bicyclic) bond motifs is 1. The number of rotatable bonds is 8. The molecule has 1 fully saturated rings. The van der Waals surface area contributed by atoms with E-state index in [-0.39, 0.29) is 16.7 Å². The van der Waals surface area contributed by atoms with E-state index in [9.17, 15) is 18.0 Å². The molecular formula is C26H36N4O5S2. The third kappa shape index (κ3) is 5.75. The van der Waals surface area contributed by atoms with Gasteiger partial charge in [-0.1, -0.05) is 13.8 Å². The first-order valence-electron chi connectivity index (χ1n) is 12.8. The van der Waals surface area contributed by atoms with Gasteiger partial charge in [-0.2, -0.15) is 4.31 Å². The van der Waals surface area contributed by atoms with Gasteiger partial charge in [-0.05, 0) is 50.1 Å². The standard InChI is InChI=1S/C26H36N4O5S2/c1-5-30(6-2)37(33,34)20-9-7-19(8-10-20)24(31)27-25-23(26(32)28-13-15-35-16-14-28)21-11-12-29(18(3)4)17-22(21)36-25/h7-10,18H,5-6,11-17H2,1-4H3,(H,27,31). The van der Waals surface area contributed by atoms with Gasteiger partial charge in [-0.3, -0.25) is 14.5 Å². The Morgan fingerprint density at radius 3 is 2.32 bits per heavy atom. The molecule has 0 atom stereocenters. The third-order valence-electron chi connectivity index (χ3n) is 7.02. The van der Waals surface area contributed by atoms with Crippen LogP contribution in [0.5, 0.6) is 0 Å². The Balaban J connectivity index is 1.61. The summed E-state index contributed by atoms with van der Waals surface area (Å²) in [5, 5.41) is 3.53. The molecule has 37 heavy (non-hydrogen) atoms. The lowest BCUT2D eigenvalue weighted by molar-refractivity contribution is 0.0302. The van der Waals surface area contributed by atoms with Gasteiger partial charge in [0, 0.05) is 55.8 Å². The molecule has 0 radical (unpaired) electrons. The summed E-state index contributed by atoms with van der Waals surface area (Å²) in [6.07, 6.45) is 0.753. The van der Waals surface area contributed by atoms with Gasteiger partial charge in [0.1, 0.15) is 5.00 Å². The first-order chi connectivity index (χ1) is 17.7. The fourth-order valence-corrected chi connectivity index (χ4v) is 7.49. The minimum absolute atomic E-state index is 0.0743. The zero-order chi connectivity index (χ0) is 26.7. The number of carbonyl (C=O) groups excluding carboxylic acids is 2. The molecule has 0 aliphatic carbocycles. The third-order valence-corrected chi connectivity index (χ3v) is 10.2. The maximum Gasteiger partial charge on any atom is 0.257 e. The number of hydrogen-bond acceptors (Lipinski definition) is 7. The van der Waals surface area contributed by atoms with Crippen molar-refractivity contribution in [3.8, 4) is 0 Å². The number of anilines is 1. The van der Waals surface area contributed by atoms with Gasteiger partial charge >= 0.3 is 0 Å². The Hall–Kier alpha value is -2.31. The van der Waals surface area contributed by atoms with Crippen LogP contribution < -0.4 is 5.32 Å². The quantitative estimate of drug-likeness (QED) is 0.544. The highest BCUT2D eigenvalue weighted by molar-refractivity contribution is 7.89. The Morgan fingerprint density at radius 1 is 1.08 bits per heavy atom. The molecule has 11 heteroatoms. The summed E-state index contributed by atoms with van der Waals surface area (Å²) in [7, 11) is -3.61. The lowest BCUT2D eigenvalue weighted by Crippen LogP contribution is -2.41. The molecule has 0 unspecified atom stereocenters. The van der Waals surface area contributed by atoms with Gasteiger partial charge in [0.05, 0.1) is 23.7 Å². The number of nitrogens with one attached hydrogen (secondary N) is 1. The maximum atomic E-state index is 13.6. The molecule has 202 valence electrons. The summed E-state index contributed by atoms with van der Waals surface area (Å²) in [6.45, 7) is 12.3. The van der Waals surface area contributed by atoms with Crippen molar-refractivity contribution in [2.24, 2.45) is 0 Å². The first-order valence-corrected chi connectivity index (χ1v) is 15.1. The number of ether oxygens (including phenoxy) is 1. The van der Waals surface area contributed by atoms with Crippen LogP contribution in [0, 0.1) is 0 Å². The van der Waals surface area contributed by atoms with Gasteiger partial charge < -0.3 is 15.0 Å². The SMILES string of the molecule is CCN(CC)S(=O)(=O)c1ccc(C(=O)Nc2sc3c(c2C(=O)N2CCOCC2)CCN(C(C)C)C3)cc1. The van der Waals surface area contributed by atoms with Crippen LogP contribution in [-0.2, 0) is 27.7 Å². The second-order valence-electron chi connectivity index (χ2n) is 9.49. The second-order valence-corrected chi connectivity index (χ2v) is 12.5. The molecule has 0 saturated carbocycles. The molecule has 0 bridgehead atoms. The molecular weight excluding hydrogens is 512 g/mol. The molecule has 2 amide bonds.